The quantitative estimate of drug-likeness (QED) is 0.0375. The van der Waals surface area contributed by atoms with Crippen molar-refractivity contribution in [2.75, 3.05) is 40.6 Å². The van der Waals surface area contributed by atoms with E-state index in [1.54, 1.807) is 18.2 Å². The number of benzene rings is 6. The van der Waals surface area contributed by atoms with Crippen molar-refractivity contribution < 1.29 is 52.2 Å². The summed E-state index contributed by atoms with van der Waals surface area (Å²) in [7, 11) is 2.99. The van der Waals surface area contributed by atoms with Crippen LogP contribution in [0.4, 0.5) is 17.6 Å². The highest BCUT2D eigenvalue weighted by molar-refractivity contribution is 5.92. The lowest BCUT2D eigenvalue weighted by atomic mass is 10.1. The normalized spacial score (nSPS) is 11.1. The summed E-state index contributed by atoms with van der Waals surface area (Å²) in [5.74, 6) is -1.13. The van der Waals surface area contributed by atoms with Gasteiger partial charge in [-0.25, -0.2) is 17.6 Å². The van der Waals surface area contributed by atoms with E-state index < -0.39 is 5.82 Å². The SMILES string of the molecule is CCn1cc(CCNCc2ccccc2)c2c(OC)c(F)ccc21.CCn1cc(CCO)c2c(O)c(F)ccc21.CCn1cc(CCO)c2c(OC)c(F)ccc21.CCn1cc(CCO)c2c(OCc3ccccc3)c(F)ccc21. The molecule has 0 amide bonds. The van der Waals surface area contributed by atoms with Crippen LogP contribution in [0.2, 0.25) is 0 Å². The number of nitrogens with one attached hydrogen (secondary N) is 1. The Hall–Kier alpha value is -7.76. The van der Waals surface area contributed by atoms with E-state index in [1.807, 2.05) is 103 Å². The number of aliphatic hydroxyl groups is 3. The summed E-state index contributed by atoms with van der Waals surface area (Å²) in [5, 5.41) is 43.4. The topological polar surface area (TPSA) is 140 Å². The van der Waals surface area contributed by atoms with E-state index in [-0.39, 0.29) is 54.5 Å². The van der Waals surface area contributed by atoms with Crippen LogP contribution < -0.4 is 19.5 Å². The van der Waals surface area contributed by atoms with Gasteiger partial charge in [0.05, 0.1) is 36.3 Å². The van der Waals surface area contributed by atoms with Crippen LogP contribution in [0, 0.1) is 23.3 Å². The van der Waals surface area contributed by atoms with Gasteiger partial charge < -0.3 is 58.2 Å². The monoisotopic (exact) mass is 1100 g/mol. The number of methoxy groups -OCH3 is 2. The molecular weight excluding hydrogens is 1030 g/mol. The van der Waals surface area contributed by atoms with Crippen LogP contribution in [-0.4, -0.2) is 79.3 Å². The van der Waals surface area contributed by atoms with Gasteiger partial charge in [-0.15, -0.1) is 0 Å². The summed E-state index contributed by atoms with van der Waals surface area (Å²) < 4.78 is 79.8. The first-order chi connectivity index (χ1) is 38.9. The molecule has 10 aromatic rings. The van der Waals surface area contributed by atoms with E-state index in [1.165, 1.54) is 44.0 Å². The van der Waals surface area contributed by atoms with Gasteiger partial charge in [-0.05, 0) is 142 Å². The fourth-order valence-electron chi connectivity index (χ4n) is 10.2. The lowest BCUT2D eigenvalue weighted by molar-refractivity contribution is 0.292. The number of phenolic OH excluding ortho intramolecular Hbond substituents is 1. The van der Waals surface area contributed by atoms with Crippen molar-refractivity contribution >= 4 is 43.6 Å². The molecule has 424 valence electrons. The molecule has 10 rings (SSSR count). The highest BCUT2D eigenvalue weighted by atomic mass is 19.1. The maximum atomic E-state index is 14.4. The first-order valence-corrected chi connectivity index (χ1v) is 27.1. The molecule has 12 nitrogen and oxygen atoms in total. The van der Waals surface area contributed by atoms with Crippen molar-refractivity contribution in [2.45, 2.75) is 92.7 Å². The fourth-order valence-corrected chi connectivity index (χ4v) is 10.2. The molecule has 5 N–H and O–H groups in total. The second-order valence-electron chi connectivity index (χ2n) is 18.9. The molecule has 4 aromatic heterocycles. The Morgan fingerprint density at radius 2 is 0.775 bits per heavy atom. The smallest absolute Gasteiger partial charge is 0.165 e. The second-order valence-corrected chi connectivity index (χ2v) is 18.9. The number of hydrogen-bond acceptors (Lipinski definition) is 8. The van der Waals surface area contributed by atoms with Gasteiger partial charge >= 0.3 is 0 Å². The van der Waals surface area contributed by atoms with E-state index in [9.17, 15) is 27.8 Å². The van der Waals surface area contributed by atoms with E-state index in [4.69, 9.17) is 24.4 Å². The van der Waals surface area contributed by atoms with Crippen LogP contribution in [-0.2, 0) is 65.0 Å². The van der Waals surface area contributed by atoms with Crippen LogP contribution in [0.25, 0.3) is 43.6 Å². The van der Waals surface area contributed by atoms with Crippen LogP contribution in [0.15, 0.2) is 134 Å². The molecule has 0 aliphatic rings. The number of fused-ring (bicyclic) bond motifs is 4. The zero-order chi connectivity index (χ0) is 57.3. The molecule has 0 saturated heterocycles. The Kier molecular flexibility index (Phi) is 21.7. The molecule has 0 fully saturated rings. The highest BCUT2D eigenvalue weighted by Crippen LogP contribution is 2.37. The average molecular weight is 1100 g/mol. The number of aryl methyl sites for hydroxylation is 4. The molecule has 0 unspecified atom stereocenters. The molecule has 6 aromatic carbocycles. The van der Waals surface area contributed by atoms with Gasteiger partial charge in [0.25, 0.3) is 0 Å². The van der Waals surface area contributed by atoms with Crippen molar-refractivity contribution in [3.05, 3.63) is 191 Å². The Morgan fingerprint density at radius 1 is 0.425 bits per heavy atom. The van der Waals surface area contributed by atoms with Gasteiger partial charge in [0.2, 0.25) is 0 Å². The van der Waals surface area contributed by atoms with Crippen LogP contribution in [0.1, 0.15) is 61.1 Å². The third-order valence-electron chi connectivity index (χ3n) is 14.0. The number of ether oxygens (including phenoxy) is 3. The summed E-state index contributed by atoms with van der Waals surface area (Å²) in [6.45, 7) is 13.3. The number of aliphatic hydroxyl groups excluding tert-OH is 3. The van der Waals surface area contributed by atoms with Crippen LogP contribution in [0.5, 0.6) is 23.0 Å². The van der Waals surface area contributed by atoms with Gasteiger partial charge in [-0.2, -0.15) is 0 Å². The van der Waals surface area contributed by atoms with E-state index in [0.717, 1.165) is 112 Å². The van der Waals surface area contributed by atoms with Crippen molar-refractivity contribution in [3.8, 4) is 23.0 Å². The van der Waals surface area contributed by atoms with Gasteiger partial charge in [0, 0.05) is 98.9 Å². The molecule has 0 radical (unpaired) electrons. The van der Waals surface area contributed by atoms with E-state index in [0.29, 0.717) is 37.0 Å². The second kappa shape index (κ2) is 28.9. The first kappa shape index (κ1) is 59.9. The number of phenols is 1. The molecule has 0 spiro atoms. The van der Waals surface area contributed by atoms with E-state index in [2.05, 4.69) is 39.7 Å². The third kappa shape index (κ3) is 13.6. The van der Waals surface area contributed by atoms with Crippen molar-refractivity contribution in [1.82, 2.24) is 23.6 Å². The van der Waals surface area contributed by atoms with Gasteiger partial charge in [0.15, 0.2) is 46.3 Å². The summed E-state index contributed by atoms with van der Waals surface area (Å²) in [6, 6.07) is 32.6. The lowest BCUT2D eigenvalue weighted by Gasteiger charge is -2.11. The standard InChI is InChI=1S/C20H23FN2O.C19H20FNO2.C13H16FNO2.C12H14FNO2/c1-3-23-14-16(11-12-22-13-15-7-5-4-6-8-15)19-18(23)10-9-17(21)20(19)24-2;1-2-21-12-15(10-11-22)18-17(21)9-8-16(20)19(18)23-13-14-6-4-3-5-7-14;1-3-15-8-9(6-7-16)12-11(15)5-4-10(14)13(12)17-2;1-2-14-7-8(5-6-15)11-10(14)4-3-9(13)12(11)16/h4-10,14,22H,3,11-13H2,1-2H3;3-9,12,22H,2,10-11,13H2,1H3;4-5,8,16H,3,6-7H2,1-2H3;3-4,7,15-16H,2,5-6H2,1H3. The molecule has 0 aliphatic carbocycles. The zero-order valence-corrected chi connectivity index (χ0v) is 46.4. The van der Waals surface area contributed by atoms with Crippen molar-refractivity contribution in [2.24, 2.45) is 0 Å². The fraction of sp³-hybridized carbons (Fsp3) is 0.312. The van der Waals surface area contributed by atoms with Crippen LogP contribution in [0.3, 0.4) is 0 Å². The molecular formula is C64H73F4N5O7. The van der Waals surface area contributed by atoms with Crippen molar-refractivity contribution in [1.29, 1.82) is 0 Å². The first-order valence-electron chi connectivity index (χ1n) is 27.1. The number of nitrogens with zero attached hydrogens (tertiary/aromatic N) is 4. The summed E-state index contributed by atoms with van der Waals surface area (Å²) in [6.07, 6.45) is 10.1. The summed E-state index contributed by atoms with van der Waals surface area (Å²) in [4.78, 5) is 0. The van der Waals surface area contributed by atoms with Gasteiger partial charge in [-0.1, -0.05) is 60.7 Å². The minimum Gasteiger partial charge on any atom is -0.504 e. The molecule has 4 heterocycles. The maximum Gasteiger partial charge on any atom is 0.165 e. The summed E-state index contributed by atoms with van der Waals surface area (Å²) >= 11 is 0. The third-order valence-corrected chi connectivity index (χ3v) is 14.0. The predicted octanol–water partition coefficient (Wildman–Crippen LogP) is 12.4. The van der Waals surface area contributed by atoms with Crippen LogP contribution >= 0.6 is 0 Å². The Bertz CT molecular complexity index is 3590. The lowest BCUT2D eigenvalue weighted by Crippen LogP contribution is -2.16. The van der Waals surface area contributed by atoms with Gasteiger partial charge in [-0.3, -0.25) is 0 Å². The number of aromatic nitrogens is 4. The number of aromatic hydroxyl groups is 1. The molecule has 80 heavy (non-hydrogen) atoms. The zero-order valence-electron chi connectivity index (χ0n) is 46.4. The van der Waals surface area contributed by atoms with Crippen molar-refractivity contribution in [3.63, 3.8) is 0 Å². The Morgan fingerprint density at radius 3 is 1.18 bits per heavy atom. The maximum absolute atomic E-state index is 14.4. The molecule has 0 aliphatic heterocycles. The molecule has 0 bridgehead atoms. The highest BCUT2D eigenvalue weighted by Gasteiger charge is 2.20. The number of rotatable bonds is 20. The number of hydrogen-bond donors (Lipinski definition) is 5. The Balaban J connectivity index is 0.000000156. The molecule has 0 atom stereocenters. The minimum atomic E-state index is -0.624. The van der Waals surface area contributed by atoms with E-state index >= 15 is 0 Å². The molecule has 0 saturated carbocycles. The predicted molar refractivity (Wildman–Crippen MR) is 310 cm³/mol. The summed E-state index contributed by atoms with van der Waals surface area (Å²) in [5.41, 5.74) is 9.65. The minimum absolute atomic E-state index is 0.0151. The molecule has 16 heteroatoms. The van der Waals surface area contributed by atoms with Gasteiger partial charge in [0.1, 0.15) is 6.61 Å². The number of halogens is 4. The average Bonchev–Trinajstić information content (AvgIpc) is 4.29. The largest absolute Gasteiger partial charge is 0.504 e. The Labute approximate surface area is 464 Å².